The summed E-state index contributed by atoms with van der Waals surface area (Å²) in [5, 5.41) is 3.36. The van der Waals surface area contributed by atoms with Crippen molar-refractivity contribution in [2.75, 3.05) is 27.2 Å². The van der Waals surface area contributed by atoms with Gasteiger partial charge in [-0.1, -0.05) is 0 Å². The highest BCUT2D eigenvalue weighted by atomic mass is 16.5. The van der Waals surface area contributed by atoms with Crippen molar-refractivity contribution in [3.05, 3.63) is 29.3 Å². The first-order chi connectivity index (χ1) is 8.22. The molecule has 0 aliphatic carbocycles. The van der Waals surface area contributed by atoms with E-state index in [0.29, 0.717) is 5.92 Å². The summed E-state index contributed by atoms with van der Waals surface area (Å²) in [6, 6.07) is 6.02. The summed E-state index contributed by atoms with van der Waals surface area (Å²) in [4.78, 5) is 14.1. The predicted octanol–water partition coefficient (Wildman–Crippen LogP) is 0.836. The van der Waals surface area contributed by atoms with Crippen LogP contribution in [0.4, 0.5) is 0 Å². The molecule has 2 heterocycles. The molecule has 0 spiro atoms. The Labute approximate surface area is 101 Å². The zero-order chi connectivity index (χ0) is 12.0. The topological polar surface area (TPSA) is 41.6 Å². The molecule has 2 aliphatic rings. The lowest BCUT2D eigenvalue weighted by Gasteiger charge is -2.35. The second kappa shape index (κ2) is 3.74. The maximum Gasteiger partial charge on any atom is 0.254 e. The molecule has 0 saturated carbocycles. The van der Waals surface area contributed by atoms with E-state index >= 15 is 0 Å². The first-order valence-corrected chi connectivity index (χ1v) is 5.88. The highest BCUT2D eigenvalue weighted by molar-refractivity contribution is 5.97. The molecule has 1 aromatic carbocycles. The van der Waals surface area contributed by atoms with Gasteiger partial charge in [0.25, 0.3) is 5.91 Å². The summed E-state index contributed by atoms with van der Waals surface area (Å²) in [6.07, 6.45) is 0. The molecule has 1 aromatic rings. The molecule has 1 amide bonds. The van der Waals surface area contributed by atoms with E-state index in [1.54, 1.807) is 7.11 Å². The molecule has 1 fully saturated rings. The zero-order valence-corrected chi connectivity index (χ0v) is 10.1. The van der Waals surface area contributed by atoms with E-state index in [1.807, 2.05) is 30.1 Å². The third-order valence-electron chi connectivity index (χ3n) is 3.89. The Hall–Kier alpha value is -1.55. The smallest absolute Gasteiger partial charge is 0.254 e. The van der Waals surface area contributed by atoms with Crippen LogP contribution < -0.4 is 10.1 Å². The number of amides is 1. The Morgan fingerprint density at radius 2 is 2.24 bits per heavy atom. The van der Waals surface area contributed by atoms with Gasteiger partial charge in [0.05, 0.1) is 13.2 Å². The van der Waals surface area contributed by atoms with E-state index in [9.17, 15) is 4.79 Å². The first-order valence-electron chi connectivity index (χ1n) is 5.88. The van der Waals surface area contributed by atoms with Gasteiger partial charge >= 0.3 is 0 Å². The lowest BCUT2D eigenvalue weighted by atomic mass is 9.85. The van der Waals surface area contributed by atoms with Gasteiger partial charge in [0.1, 0.15) is 5.75 Å². The number of nitrogens with zero attached hydrogens (tertiary/aromatic N) is 1. The van der Waals surface area contributed by atoms with Gasteiger partial charge in [0, 0.05) is 31.6 Å². The Balaban J connectivity index is 2.13. The van der Waals surface area contributed by atoms with E-state index in [0.717, 1.165) is 30.0 Å². The number of methoxy groups -OCH3 is 1. The fraction of sp³-hybridized carbons (Fsp3) is 0.462. The van der Waals surface area contributed by atoms with Crippen molar-refractivity contribution in [1.82, 2.24) is 10.2 Å². The second-order valence-electron chi connectivity index (χ2n) is 4.70. The van der Waals surface area contributed by atoms with Crippen LogP contribution in [0.2, 0.25) is 0 Å². The van der Waals surface area contributed by atoms with Gasteiger partial charge in [-0.15, -0.1) is 0 Å². The van der Waals surface area contributed by atoms with E-state index in [-0.39, 0.29) is 11.9 Å². The molecule has 0 bridgehead atoms. The molecular formula is C13H16N2O2. The zero-order valence-electron chi connectivity index (χ0n) is 10.1. The average Bonchev–Trinajstić information content (AvgIpc) is 2.84. The molecule has 2 aliphatic heterocycles. The van der Waals surface area contributed by atoms with Crippen LogP contribution in [0.1, 0.15) is 21.8 Å². The van der Waals surface area contributed by atoms with E-state index in [1.165, 1.54) is 0 Å². The van der Waals surface area contributed by atoms with Gasteiger partial charge in [-0.3, -0.25) is 4.79 Å². The Bertz CT molecular complexity index is 472. The second-order valence-corrected chi connectivity index (χ2v) is 4.70. The number of hydrogen-bond donors (Lipinski definition) is 1. The number of benzene rings is 1. The molecule has 0 unspecified atom stereocenters. The van der Waals surface area contributed by atoms with Crippen molar-refractivity contribution in [2.24, 2.45) is 0 Å². The highest BCUT2D eigenvalue weighted by Crippen LogP contribution is 2.36. The number of carbonyl (C=O) groups is 1. The molecule has 1 N–H and O–H groups in total. The first kappa shape index (κ1) is 10.6. The van der Waals surface area contributed by atoms with Crippen LogP contribution in [-0.4, -0.2) is 44.1 Å². The van der Waals surface area contributed by atoms with Crippen LogP contribution >= 0.6 is 0 Å². The number of nitrogens with one attached hydrogen (secondary N) is 1. The molecule has 4 nitrogen and oxygen atoms in total. The highest BCUT2D eigenvalue weighted by Gasteiger charge is 2.40. The van der Waals surface area contributed by atoms with Gasteiger partial charge in [-0.05, 0) is 23.8 Å². The monoisotopic (exact) mass is 232 g/mol. The normalized spacial score (nSPS) is 26.7. The lowest BCUT2D eigenvalue weighted by Crippen LogP contribution is -2.45. The van der Waals surface area contributed by atoms with Crippen molar-refractivity contribution >= 4 is 5.91 Å². The summed E-state index contributed by atoms with van der Waals surface area (Å²) < 4.78 is 5.25. The standard InChI is InChI=1S/C13H16N2O2/c1-15-12-7-14-6-11(12)10-5-8(17-2)3-4-9(10)13(15)16/h3-5,11-12,14H,6-7H2,1-2H3/t11-,12+/m0/s1. The van der Waals surface area contributed by atoms with Gasteiger partial charge in [-0.2, -0.15) is 0 Å². The molecule has 4 heteroatoms. The molecule has 0 radical (unpaired) electrons. The SMILES string of the molecule is COc1ccc2c(c1)[C@@H]1CNC[C@H]1N(C)C2=O. The van der Waals surface area contributed by atoms with Crippen molar-refractivity contribution < 1.29 is 9.53 Å². The van der Waals surface area contributed by atoms with Gasteiger partial charge in [0.15, 0.2) is 0 Å². The van der Waals surface area contributed by atoms with E-state index < -0.39 is 0 Å². The number of fused-ring (bicyclic) bond motifs is 3. The molecule has 17 heavy (non-hydrogen) atoms. The van der Waals surface area contributed by atoms with Crippen LogP contribution in [0.5, 0.6) is 5.75 Å². The number of rotatable bonds is 1. The minimum absolute atomic E-state index is 0.118. The summed E-state index contributed by atoms with van der Waals surface area (Å²) in [5.74, 6) is 1.34. The molecular weight excluding hydrogens is 216 g/mol. The molecule has 3 rings (SSSR count). The summed E-state index contributed by atoms with van der Waals surface area (Å²) in [6.45, 7) is 1.81. The third-order valence-corrected chi connectivity index (χ3v) is 3.89. The van der Waals surface area contributed by atoms with Crippen LogP contribution in [0.3, 0.4) is 0 Å². The maximum atomic E-state index is 12.2. The summed E-state index contributed by atoms with van der Waals surface area (Å²) >= 11 is 0. The minimum Gasteiger partial charge on any atom is -0.497 e. The summed E-state index contributed by atoms with van der Waals surface area (Å²) in [7, 11) is 3.54. The lowest BCUT2D eigenvalue weighted by molar-refractivity contribution is 0.0706. The van der Waals surface area contributed by atoms with E-state index in [4.69, 9.17) is 4.74 Å². The quantitative estimate of drug-likeness (QED) is 0.780. The Morgan fingerprint density at radius 3 is 3.00 bits per heavy atom. The number of carbonyl (C=O) groups excluding carboxylic acids is 1. The maximum absolute atomic E-state index is 12.2. The largest absolute Gasteiger partial charge is 0.497 e. The molecule has 90 valence electrons. The van der Waals surface area contributed by atoms with Gasteiger partial charge < -0.3 is 15.0 Å². The fourth-order valence-corrected chi connectivity index (χ4v) is 2.90. The van der Waals surface area contributed by atoms with Crippen LogP contribution in [0.15, 0.2) is 18.2 Å². The van der Waals surface area contributed by atoms with E-state index in [2.05, 4.69) is 5.32 Å². The molecule has 1 saturated heterocycles. The van der Waals surface area contributed by atoms with Crippen LogP contribution in [-0.2, 0) is 0 Å². The molecule has 2 atom stereocenters. The van der Waals surface area contributed by atoms with Gasteiger partial charge in [-0.25, -0.2) is 0 Å². The van der Waals surface area contributed by atoms with Gasteiger partial charge in [0.2, 0.25) is 0 Å². The van der Waals surface area contributed by atoms with Crippen molar-refractivity contribution in [1.29, 1.82) is 0 Å². The molecule has 0 aromatic heterocycles. The van der Waals surface area contributed by atoms with Crippen molar-refractivity contribution in [3.63, 3.8) is 0 Å². The number of likely N-dealkylation sites (N-methyl/N-ethyl adjacent to an activating group) is 1. The average molecular weight is 232 g/mol. The summed E-state index contributed by atoms with van der Waals surface area (Å²) in [5.41, 5.74) is 1.95. The third kappa shape index (κ3) is 1.44. The van der Waals surface area contributed by atoms with Crippen LogP contribution in [0, 0.1) is 0 Å². The van der Waals surface area contributed by atoms with Crippen LogP contribution in [0.25, 0.3) is 0 Å². The number of ether oxygens (including phenoxy) is 1. The Morgan fingerprint density at radius 1 is 1.41 bits per heavy atom. The van der Waals surface area contributed by atoms with Crippen molar-refractivity contribution in [2.45, 2.75) is 12.0 Å². The Kier molecular flexibility index (Phi) is 2.33. The fourth-order valence-electron chi connectivity index (χ4n) is 2.90. The minimum atomic E-state index is 0.118. The number of hydrogen-bond acceptors (Lipinski definition) is 3. The predicted molar refractivity (Wildman–Crippen MR) is 64.5 cm³/mol. The van der Waals surface area contributed by atoms with Crippen molar-refractivity contribution in [3.8, 4) is 5.75 Å².